The minimum atomic E-state index is 0.364. The quantitative estimate of drug-likeness (QED) is 0.462. The fraction of sp³-hybridized carbons (Fsp3) is 1.00. The van der Waals surface area contributed by atoms with Crippen LogP contribution in [0, 0.1) is 0 Å². The first kappa shape index (κ1) is 10.4. The molecule has 0 aliphatic rings. The third-order valence-electron chi connectivity index (χ3n) is 0.686. The Hall–Kier alpha value is 1.40. The van der Waals surface area contributed by atoms with E-state index in [9.17, 15) is 0 Å². The number of hydrogen-bond acceptors (Lipinski definition) is 4. The predicted octanol–water partition coefficient (Wildman–Crippen LogP) is 2.22. The van der Waals surface area contributed by atoms with Crippen LogP contribution < -0.4 is 0 Å². The average molecular weight is 200 g/mol. The highest BCUT2D eigenvalue weighted by atomic mass is 32.2. The summed E-state index contributed by atoms with van der Waals surface area (Å²) in [6, 6.07) is 0. The molecule has 0 aliphatic carbocycles. The predicted molar refractivity (Wildman–Crippen MR) is 57.5 cm³/mol. The van der Waals surface area contributed by atoms with Gasteiger partial charge in [-0.2, -0.15) is 37.9 Å². The third kappa shape index (κ3) is 7.30. The normalized spacial score (nSPS) is 17.3. The molecule has 9 heavy (non-hydrogen) atoms. The van der Waals surface area contributed by atoms with Gasteiger partial charge >= 0.3 is 0 Å². The van der Waals surface area contributed by atoms with Gasteiger partial charge in [-0.15, -0.1) is 11.8 Å². The van der Waals surface area contributed by atoms with Gasteiger partial charge in [0.1, 0.15) is 0 Å². The van der Waals surface area contributed by atoms with Crippen LogP contribution >= 0.6 is 49.6 Å². The van der Waals surface area contributed by atoms with E-state index in [2.05, 4.69) is 44.8 Å². The van der Waals surface area contributed by atoms with E-state index in [0.29, 0.717) is 9.83 Å². The van der Waals surface area contributed by atoms with E-state index >= 15 is 0 Å². The molecular formula is C5H12S4. The second kappa shape index (κ2) is 6.13. The molecule has 0 saturated heterocycles. The van der Waals surface area contributed by atoms with Crippen LogP contribution in [0.25, 0.3) is 0 Å². The van der Waals surface area contributed by atoms with Gasteiger partial charge in [0, 0.05) is 16.8 Å². The number of thioether (sulfide) groups is 1. The first-order valence-corrected chi connectivity index (χ1v) is 5.46. The number of thiol groups is 3. The van der Waals surface area contributed by atoms with Crippen molar-refractivity contribution in [3.8, 4) is 0 Å². The van der Waals surface area contributed by atoms with Gasteiger partial charge in [0.25, 0.3) is 0 Å². The Labute approximate surface area is 77.8 Å². The van der Waals surface area contributed by atoms with Crippen molar-refractivity contribution in [3.05, 3.63) is 0 Å². The second-order valence-electron chi connectivity index (χ2n) is 1.82. The summed E-state index contributed by atoms with van der Waals surface area (Å²) in [4.78, 5) is 0. The van der Waals surface area contributed by atoms with Gasteiger partial charge in [0.2, 0.25) is 0 Å². The monoisotopic (exact) mass is 200 g/mol. The highest BCUT2D eigenvalue weighted by Crippen LogP contribution is 2.18. The van der Waals surface area contributed by atoms with E-state index < -0.39 is 0 Å². The molecule has 0 amide bonds. The molecule has 4 heteroatoms. The Morgan fingerprint density at radius 2 is 2.00 bits per heavy atom. The lowest BCUT2D eigenvalue weighted by Gasteiger charge is -2.07. The molecule has 0 radical (unpaired) electrons. The highest BCUT2D eigenvalue weighted by molar-refractivity contribution is 8.11. The van der Waals surface area contributed by atoms with Crippen LogP contribution in [0.2, 0.25) is 0 Å². The van der Waals surface area contributed by atoms with Crippen molar-refractivity contribution in [1.82, 2.24) is 0 Å². The van der Waals surface area contributed by atoms with E-state index in [1.54, 1.807) is 11.8 Å². The summed E-state index contributed by atoms with van der Waals surface area (Å²) in [6.45, 7) is 2.08. The van der Waals surface area contributed by atoms with Gasteiger partial charge in [0.05, 0.1) is 4.58 Å². The molecule has 0 aromatic carbocycles. The lowest BCUT2D eigenvalue weighted by Crippen LogP contribution is -2.01. The molecular weight excluding hydrogens is 188 g/mol. The summed E-state index contributed by atoms with van der Waals surface area (Å²) in [7, 11) is 0. The van der Waals surface area contributed by atoms with Crippen LogP contribution in [0.4, 0.5) is 0 Å². The molecule has 0 heterocycles. The van der Waals surface area contributed by atoms with Crippen molar-refractivity contribution >= 4 is 49.6 Å². The zero-order valence-corrected chi connectivity index (χ0v) is 8.82. The molecule has 0 bridgehead atoms. The average Bonchev–Trinajstić information content (AvgIpc) is 1.83. The maximum Gasteiger partial charge on any atom is 0.0560 e. The SMILES string of the molecule is CC(S)CSC(S)CS. The van der Waals surface area contributed by atoms with E-state index in [1.165, 1.54) is 0 Å². The minimum absolute atomic E-state index is 0.364. The molecule has 0 saturated carbocycles. The van der Waals surface area contributed by atoms with Crippen LogP contribution in [0.5, 0.6) is 0 Å². The topological polar surface area (TPSA) is 0 Å². The molecule has 56 valence electrons. The third-order valence-corrected chi connectivity index (χ3v) is 3.89. The number of rotatable bonds is 4. The maximum atomic E-state index is 4.26. The smallest absolute Gasteiger partial charge is 0.0560 e. The van der Waals surface area contributed by atoms with E-state index in [-0.39, 0.29) is 0 Å². The van der Waals surface area contributed by atoms with Crippen molar-refractivity contribution in [1.29, 1.82) is 0 Å². The lowest BCUT2D eigenvalue weighted by atomic mass is 10.6. The molecule has 2 atom stereocenters. The molecule has 2 unspecified atom stereocenters. The van der Waals surface area contributed by atoms with Crippen molar-refractivity contribution in [2.45, 2.75) is 16.8 Å². The highest BCUT2D eigenvalue weighted by Gasteiger charge is 2.01. The summed E-state index contributed by atoms with van der Waals surface area (Å²) in [5.74, 6) is 1.88. The summed E-state index contributed by atoms with van der Waals surface area (Å²) >= 11 is 14.4. The molecule has 0 aromatic rings. The summed E-state index contributed by atoms with van der Waals surface area (Å²) in [6.07, 6.45) is 0. The van der Waals surface area contributed by atoms with Crippen LogP contribution in [0.3, 0.4) is 0 Å². The summed E-state index contributed by atoms with van der Waals surface area (Å²) in [5.41, 5.74) is 0. The van der Waals surface area contributed by atoms with Crippen molar-refractivity contribution in [2.24, 2.45) is 0 Å². The Kier molecular flexibility index (Phi) is 7.09. The first-order chi connectivity index (χ1) is 4.16. The van der Waals surface area contributed by atoms with Crippen LogP contribution in [-0.2, 0) is 0 Å². The van der Waals surface area contributed by atoms with Crippen molar-refractivity contribution in [2.75, 3.05) is 11.5 Å². The summed E-state index contributed by atoms with van der Waals surface area (Å²) in [5, 5.41) is 0.463. The zero-order valence-electron chi connectivity index (χ0n) is 5.32. The standard InChI is InChI=1S/C5H12S4/c1-4(7)3-9-5(8)2-6/h4-8H,2-3H2,1H3. The molecule has 0 rings (SSSR count). The fourth-order valence-corrected chi connectivity index (χ4v) is 1.74. The van der Waals surface area contributed by atoms with E-state index in [4.69, 9.17) is 0 Å². The van der Waals surface area contributed by atoms with Gasteiger partial charge in [-0.1, -0.05) is 6.92 Å². The fourth-order valence-electron chi connectivity index (χ4n) is 0.303. The van der Waals surface area contributed by atoms with Crippen molar-refractivity contribution < 1.29 is 0 Å². The zero-order chi connectivity index (χ0) is 7.28. The largest absolute Gasteiger partial charge is 0.177 e. The summed E-state index contributed by atoms with van der Waals surface area (Å²) < 4.78 is 0.364. The molecule has 0 aliphatic heterocycles. The van der Waals surface area contributed by atoms with Crippen LogP contribution in [0.15, 0.2) is 0 Å². The van der Waals surface area contributed by atoms with Gasteiger partial charge in [-0.3, -0.25) is 0 Å². The Morgan fingerprint density at radius 3 is 2.33 bits per heavy atom. The maximum absolute atomic E-state index is 4.26. The van der Waals surface area contributed by atoms with E-state index in [1.807, 2.05) is 0 Å². The molecule has 0 spiro atoms. The lowest BCUT2D eigenvalue weighted by molar-refractivity contribution is 1.14. The van der Waals surface area contributed by atoms with Crippen LogP contribution in [0.1, 0.15) is 6.92 Å². The minimum Gasteiger partial charge on any atom is -0.177 e. The van der Waals surface area contributed by atoms with Gasteiger partial charge in [-0.05, 0) is 0 Å². The van der Waals surface area contributed by atoms with Crippen LogP contribution in [-0.4, -0.2) is 21.3 Å². The molecule has 0 fully saturated rings. The van der Waals surface area contributed by atoms with Crippen molar-refractivity contribution in [3.63, 3.8) is 0 Å². The Bertz CT molecular complexity index is 64.0. The molecule has 0 N–H and O–H groups in total. The second-order valence-corrected chi connectivity index (χ2v) is 5.27. The molecule has 0 aromatic heterocycles. The Balaban J connectivity index is 3.06. The van der Waals surface area contributed by atoms with E-state index in [0.717, 1.165) is 11.5 Å². The molecule has 0 nitrogen and oxygen atoms in total. The first-order valence-electron chi connectivity index (χ1n) is 2.75. The van der Waals surface area contributed by atoms with Gasteiger partial charge in [-0.25, -0.2) is 0 Å². The van der Waals surface area contributed by atoms with Gasteiger partial charge < -0.3 is 0 Å². The Morgan fingerprint density at radius 1 is 1.44 bits per heavy atom. The number of hydrogen-bond donors (Lipinski definition) is 3. The van der Waals surface area contributed by atoms with Gasteiger partial charge in [0.15, 0.2) is 0 Å².